The van der Waals surface area contributed by atoms with E-state index < -0.39 is 10.0 Å². The van der Waals surface area contributed by atoms with Gasteiger partial charge in [-0.3, -0.25) is 9.52 Å². The van der Waals surface area contributed by atoms with Gasteiger partial charge in [-0.25, -0.2) is 8.42 Å². The van der Waals surface area contributed by atoms with Gasteiger partial charge in [0.2, 0.25) is 0 Å². The lowest BCUT2D eigenvalue weighted by atomic mass is 10.1. The predicted molar refractivity (Wildman–Crippen MR) is 126 cm³/mol. The molecule has 0 fully saturated rings. The molecule has 1 aromatic heterocycles. The molecular weight excluding hydrogens is 440 g/mol. The molecule has 8 nitrogen and oxygen atoms in total. The highest BCUT2D eigenvalue weighted by Crippen LogP contribution is 2.24. The van der Waals surface area contributed by atoms with Crippen LogP contribution in [0.1, 0.15) is 27.3 Å². The van der Waals surface area contributed by atoms with E-state index in [2.05, 4.69) is 20.2 Å². The third-order valence-electron chi connectivity index (χ3n) is 5.06. The Bertz CT molecular complexity index is 1390. The number of aryl methyl sites for hydroxylation is 3. The standard InChI is InChI=1S/C24H22N4O4S/c1-15-5-4-6-16(2)22(15)28-33(30,31)21-13-11-20(12-14-21)26-23(29)18-7-9-19(10-8-18)24-25-17(3)27-32-24/h4-14,28H,1-3H3,(H,26,29). The fraction of sp³-hybridized carbons (Fsp3) is 0.125. The smallest absolute Gasteiger partial charge is 0.261 e. The summed E-state index contributed by atoms with van der Waals surface area (Å²) in [6, 6.07) is 18.3. The van der Waals surface area contributed by atoms with Crippen LogP contribution in [0.25, 0.3) is 11.5 Å². The minimum Gasteiger partial charge on any atom is -0.334 e. The van der Waals surface area contributed by atoms with Crippen molar-refractivity contribution in [3.8, 4) is 11.5 Å². The molecular formula is C24H22N4O4S. The Morgan fingerprint density at radius 2 is 1.52 bits per heavy atom. The summed E-state index contributed by atoms with van der Waals surface area (Å²) in [5.41, 5.74) is 3.85. The van der Waals surface area contributed by atoms with E-state index in [-0.39, 0.29) is 10.8 Å². The lowest BCUT2D eigenvalue weighted by molar-refractivity contribution is 0.102. The monoisotopic (exact) mass is 462 g/mol. The highest BCUT2D eigenvalue weighted by atomic mass is 32.2. The van der Waals surface area contributed by atoms with Crippen molar-refractivity contribution in [2.75, 3.05) is 10.0 Å². The first-order chi connectivity index (χ1) is 15.7. The minimum atomic E-state index is -3.77. The zero-order valence-corrected chi connectivity index (χ0v) is 19.1. The topological polar surface area (TPSA) is 114 Å². The molecule has 1 amide bonds. The van der Waals surface area contributed by atoms with Gasteiger partial charge in [0.1, 0.15) is 0 Å². The fourth-order valence-corrected chi connectivity index (χ4v) is 4.47. The van der Waals surface area contributed by atoms with E-state index in [1.54, 1.807) is 43.3 Å². The Morgan fingerprint density at radius 1 is 0.879 bits per heavy atom. The maximum atomic E-state index is 12.8. The van der Waals surface area contributed by atoms with Crippen molar-refractivity contribution in [1.29, 1.82) is 0 Å². The number of sulfonamides is 1. The van der Waals surface area contributed by atoms with Crippen LogP contribution >= 0.6 is 0 Å². The van der Waals surface area contributed by atoms with Crippen molar-refractivity contribution < 1.29 is 17.7 Å². The molecule has 0 unspecified atom stereocenters. The van der Waals surface area contributed by atoms with E-state index in [1.807, 2.05) is 32.0 Å². The Morgan fingerprint density at radius 3 is 2.09 bits per heavy atom. The van der Waals surface area contributed by atoms with Crippen molar-refractivity contribution in [1.82, 2.24) is 10.1 Å². The molecule has 0 aliphatic heterocycles. The molecule has 0 radical (unpaired) electrons. The molecule has 0 bridgehead atoms. The summed E-state index contributed by atoms with van der Waals surface area (Å²) in [4.78, 5) is 16.8. The van der Waals surface area contributed by atoms with Gasteiger partial charge in [-0.2, -0.15) is 4.98 Å². The number of hydrogen-bond acceptors (Lipinski definition) is 6. The summed E-state index contributed by atoms with van der Waals surface area (Å²) in [5, 5.41) is 6.51. The van der Waals surface area contributed by atoms with Gasteiger partial charge in [0, 0.05) is 16.8 Å². The van der Waals surface area contributed by atoms with Gasteiger partial charge < -0.3 is 9.84 Å². The van der Waals surface area contributed by atoms with E-state index >= 15 is 0 Å². The number of amides is 1. The number of carbonyl (C=O) groups is 1. The van der Waals surface area contributed by atoms with E-state index in [4.69, 9.17) is 4.52 Å². The third-order valence-corrected chi connectivity index (χ3v) is 6.43. The molecule has 0 atom stereocenters. The molecule has 0 aliphatic rings. The predicted octanol–water partition coefficient (Wildman–Crippen LogP) is 4.71. The fourth-order valence-electron chi connectivity index (χ4n) is 3.27. The zero-order chi connectivity index (χ0) is 23.6. The van der Waals surface area contributed by atoms with Gasteiger partial charge in [-0.05, 0) is 80.4 Å². The second-order valence-corrected chi connectivity index (χ2v) is 9.26. The second-order valence-electron chi connectivity index (χ2n) is 7.57. The lowest BCUT2D eigenvalue weighted by Gasteiger charge is -2.13. The SMILES string of the molecule is Cc1noc(-c2ccc(C(=O)Nc3ccc(S(=O)(=O)Nc4c(C)cccc4C)cc3)cc2)n1. The van der Waals surface area contributed by atoms with Crippen molar-refractivity contribution in [2.45, 2.75) is 25.7 Å². The van der Waals surface area contributed by atoms with Crippen LogP contribution in [0.15, 0.2) is 76.1 Å². The normalized spacial score (nSPS) is 11.2. The van der Waals surface area contributed by atoms with Gasteiger partial charge in [0.25, 0.3) is 21.8 Å². The number of anilines is 2. The molecule has 0 saturated heterocycles. The molecule has 33 heavy (non-hydrogen) atoms. The van der Waals surface area contributed by atoms with Crippen LogP contribution in [0.2, 0.25) is 0 Å². The van der Waals surface area contributed by atoms with Gasteiger partial charge in [0.05, 0.1) is 10.6 Å². The highest BCUT2D eigenvalue weighted by molar-refractivity contribution is 7.92. The maximum Gasteiger partial charge on any atom is 0.261 e. The van der Waals surface area contributed by atoms with Gasteiger partial charge in [-0.15, -0.1) is 0 Å². The van der Waals surface area contributed by atoms with Crippen LogP contribution in [0, 0.1) is 20.8 Å². The van der Waals surface area contributed by atoms with E-state index in [1.165, 1.54) is 12.1 Å². The molecule has 3 aromatic carbocycles. The molecule has 0 spiro atoms. The summed E-state index contributed by atoms with van der Waals surface area (Å²) < 4.78 is 33.4. The van der Waals surface area contributed by atoms with Gasteiger partial charge >= 0.3 is 0 Å². The van der Waals surface area contributed by atoms with Crippen molar-refractivity contribution in [3.05, 3.63) is 89.2 Å². The molecule has 2 N–H and O–H groups in total. The van der Waals surface area contributed by atoms with Crippen LogP contribution in [-0.4, -0.2) is 24.5 Å². The molecule has 9 heteroatoms. The maximum absolute atomic E-state index is 12.8. The van der Waals surface area contributed by atoms with E-state index in [9.17, 15) is 13.2 Å². The minimum absolute atomic E-state index is 0.0994. The number of aromatic nitrogens is 2. The molecule has 4 aromatic rings. The summed E-state index contributed by atoms with van der Waals surface area (Å²) in [7, 11) is -3.77. The number of para-hydroxylation sites is 1. The Labute approximate surface area is 191 Å². The van der Waals surface area contributed by atoms with E-state index in [0.717, 1.165) is 11.1 Å². The van der Waals surface area contributed by atoms with Crippen molar-refractivity contribution >= 4 is 27.3 Å². The van der Waals surface area contributed by atoms with Gasteiger partial charge in [0.15, 0.2) is 5.82 Å². The van der Waals surface area contributed by atoms with Crippen LogP contribution in [0.4, 0.5) is 11.4 Å². The number of nitrogens with one attached hydrogen (secondary N) is 2. The zero-order valence-electron chi connectivity index (χ0n) is 18.3. The molecule has 4 rings (SSSR count). The average molecular weight is 463 g/mol. The number of nitrogens with zero attached hydrogens (tertiary/aromatic N) is 2. The van der Waals surface area contributed by atoms with Crippen LogP contribution in [0.3, 0.4) is 0 Å². The highest BCUT2D eigenvalue weighted by Gasteiger charge is 2.17. The van der Waals surface area contributed by atoms with Crippen molar-refractivity contribution in [2.24, 2.45) is 0 Å². The van der Waals surface area contributed by atoms with Crippen LogP contribution in [0.5, 0.6) is 0 Å². The second kappa shape index (κ2) is 8.87. The summed E-state index contributed by atoms with van der Waals surface area (Å²) >= 11 is 0. The van der Waals surface area contributed by atoms with Crippen molar-refractivity contribution in [3.63, 3.8) is 0 Å². The molecule has 168 valence electrons. The first kappa shape index (κ1) is 22.2. The average Bonchev–Trinajstić information content (AvgIpc) is 3.23. The Hall–Kier alpha value is -3.98. The first-order valence-electron chi connectivity index (χ1n) is 10.1. The largest absolute Gasteiger partial charge is 0.334 e. The quantitative estimate of drug-likeness (QED) is 0.429. The number of hydrogen-bond donors (Lipinski definition) is 2. The molecule has 1 heterocycles. The van der Waals surface area contributed by atoms with Crippen LogP contribution < -0.4 is 10.0 Å². The third kappa shape index (κ3) is 4.93. The summed E-state index contributed by atoms with van der Waals surface area (Å²) in [6.07, 6.45) is 0. The van der Waals surface area contributed by atoms with Crippen LogP contribution in [-0.2, 0) is 10.0 Å². The number of rotatable bonds is 6. The number of benzene rings is 3. The summed E-state index contributed by atoms with van der Waals surface area (Å²) in [6.45, 7) is 5.42. The van der Waals surface area contributed by atoms with E-state index in [0.29, 0.717) is 34.2 Å². The number of carbonyl (C=O) groups excluding carboxylic acids is 1. The Balaban J connectivity index is 1.45. The molecule has 0 saturated carbocycles. The lowest BCUT2D eigenvalue weighted by Crippen LogP contribution is -2.15. The molecule has 0 aliphatic carbocycles. The first-order valence-corrected chi connectivity index (χ1v) is 11.6. The van der Waals surface area contributed by atoms with Gasteiger partial charge in [-0.1, -0.05) is 23.4 Å². The summed E-state index contributed by atoms with van der Waals surface area (Å²) in [5.74, 6) is 0.583. The Kier molecular flexibility index (Phi) is 5.97.